The van der Waals surface area contributed by atoms with E-state index in [1.54, 1.807) is 0 Å². The topological polar surface area (TPSA) is 40.6 Å². The molecule has 5 heteroatoms. The van der Waals surface area contributed by atoms with E-state index in [0.29, 0.717) is 16.9 Å². The Balaban J connectivity index is 0.980. The molecule has 0 N–H and O–H groups in total. The summed E-state index contributed by atoms with van der Waals surface area (Å²) in [4.78, 5) is 10.1. The minimum atomic E-state index is -0.447. The quantitative estimate of drug-likeness (QED) is 0.174. The molecule has 0 atom stereocenters. The van der Waals surface area contributed by atoms with Crippen molar-refractivity contribution >= 4 is 76.3 Å². The summed E-state index contributed by atoms with van der Waals surface area (Å²) < 4.78 is 49.5. The molecule has 13 aromatic rings. The van der Waals surface area contributed by atoms with Crippen molar-refractivity contribution in [3.8, 4) is 39.7 Å². The van der Waals surface area contributed by atoms with Crippen LogP contribution in [0.1, 0.15) is 6.85 Å². The molecule has 0 fully saturated rings. The highest BCUT2D eigenvalue weighted by molar-refractivity contribution is 6.14. The van der Waals surface area contributed by atoms with E-state index >= 15 is 0 Å². The summed E-state index contributed by atoms with van der Waals surface area (Å²) in [6.07, 6.45) is 0. The van der Waals surface area contributed by atoms with E-state index in [0.717, 1.165) is 66.2 Å². The molecule has 0 bridgehead atoms. The van der Waals surface area contributed by atoms with Crippen LogP contribution in [-0.2, 0) is 0 Å². The zero-order valence-corrected chi connectivity index (χ0v) is 32.6. The zero-order chi connectivity index (χ0) is 44.4. The lowest BCUT2D eigenvalue weighted by atomic mass is 10.0. The first kappa shape index (κ1) is 29.0. The molecular formula is C56H35N5. The molecule has 0 spiro atoms. The number of hydrogen-bond acceptors (Lipinski definition) is 2. The van der Waals surface area contributed by atoms with Crippen molar-refractivity contribution in [2.75, 3.05) is 0 Å². The van der Waals surface area contributed by atoms with E-state index in [4.69, 9.17) is 16.8 Å². The number of fused-ring (bicyclic) bond motifs is 10. The van der Waals surface area contributed by atoms with Gasteiger partial charge in [0.15, 0.2) is 0 Å². The van der Waals surface area contributed by atoms with Crippen LogP contribution < -0.4 is 0 Å². The summed E-state index contributed by atoms with van der Waals surface area (Å²) in [6, 6.07) is 61.5. The second-order valence-corrected chi connectivity index (χ2v) is 15.4. The lowest BCUT2D eigenvalue weighted by Crippen LogP contribution is -2.03. The standard InChI is InChI=1S/C56H35N5/c1-3-15-36(16-4-1)55-45-22-7-11-23-48(45)57-56(58-55)61-51-26-14-10-21-43(51)47-34-38(28-32-53(47)61)37-27-31-52-46(33-37)42-20-9-13-25-50(42)60(52)40-29-30-44-41-19-8-12-24-49(41)59(54(44)35-40)39-17-5-2-6-18-39/h1-35H/i1D,3D,4D,15D,16D. The predicted molar refractivity (Wildman–Crippen MR) is 253 cm³/mol. The zero-order valence-electron chi connectivity index (χ0n) is 37.6. The van der Waals surface area contributed by atoms with E-state index in [1.807, 2.05) is 47.0 Å². The molecule has 13 rings (SSSR count). The Labute approximate surface area is 357 Å². The number of nitrogens with zero attached hydrogens (tertiary/aromatic N) is 5. The highest BCUT2D eigenvalue weighted by atomic mass is 15.2. The molecule has 0 aliphatic heterocycles. The van der Waals surface area contributed by atoms with E-state index in [1.165, 1.54) is 21.7 Å². The van der Waals surface area contributed by atoms with Crippen LogP contribution in [-0.4, -0.2) is 23.7 Å². The first-order chi connectivity index (χ1) is 32.3. The Morgan fingerprint density at radius 3 is 1.51 bits per heavy atom. The molecule has 5 nitrogen and oxygen atoms in total. The Bertz CT molecular complexity index is 4160. The van der Waals surface area contributed by atoms with Gasteiger partial charge >= 0.3 is 0 Å². The van der Waals surface area contributed by atoms with Crippen LogP contribution in [0.15, 0.2) is 212 Å². The smallest absolute Gasteiger partial charge is 0.235 e. The van der Waals surface area contributed by atoms with Crippen molar-refractivity contribution in [1.29, 1.82) is 0 Å². The fourth-order valence-corrected chi connectivity index (χ4v) is 9.48. The SMILES string of the molecule is [2H]c1c([2H])c([2H])c(-c2nc(-n3c4ccccc4c4cc(-c5ccc6c(c5)c5ccccc5n6-c5ccc6c7ccccc7n(-c7ccccc7)c6c5)ccc43)nc3ccccc23)c([2H])c1[2H]. The summed E-state index contributed by atoms with van der Waals surface area (Å²) in [5.41, 5.74) is 11.6. The van der Waals surface area contributed by atoms with Crippen molar-refractivity contribution < 1.29 is 6.85 Å². The maximum atomic E-state index is 8.84. The third kappa shape index (κ3) is 5.08. The molecule has 0 amide bonds. The number of benzene rings is 9. The molecule has 0 aliphatic rings. The molecule has 0 saturated carbocycles. The van der Waals surface area contributed by atoms with Gasteiger partial charge in [0.1, 0.15) is 0 Å². The second-order valence-electron chi connectivity index (χ2n) is 15.4. The van der Waals surface area contributed by atoms with Crippen molar-refractivity contribution in [1.82, 2.24) is 23.7 Å². The fraction of sp³-hybridized carbons (Fsp3) is 0. The molecule has 0 radical (unpaired) electrons. The highest BCUT2D eigenvalue weighted by Crippen LogP contribution is 2.40. The van der Waals surface area contributed by atoms with Gasteiger partial charge in [0.05, 0.1) is 51.2 Å². The van der Waals surface area contributed by atoms with Crippen LogP contribution in [0.3, 0.4) is 0 Å². The summed E-state index contributed by atoms with van der Waals surface area (Å²) in [5.74, 6) is 0.339. The average molecular weight is 783 g/mol. The Hall–Kier alpha value is -8.28. The van der Waals surface area contributed by atoms with Gasteiger partial charge in [0.2, 0.25) is 5.95 Å². The third-order valence-electron chi connectivity index (χ3n) is 12.1. The molecule has 9 aromatic carbocycles. The van der Waals surface area contributed by atoms with Gasteiger partial charge in [-0.05, 0) is 83.9 Å². The summed E-state index contributed by atoms with van der Waals surface area (Å²) >= 11 is 0. The molecule has 0 saturated heterocycles. The van der Waals surface area contributed by atoms with Gasteiger partial charge in [-0.1, -0.05) is 139 Å². The van der Waals surface area contributed by atoms with Crippen molar-refractivity contribution in [3.63, 3.8) is 0 Å². The molecule has 4 aromatic heterocycles. The Morgan fingerprint density at radius 2 is 0.836 bits per heavy atom. The van der Waals surface area contributed by atoms with E-state index in [9.17, 15) is 0 Å². The van der Waals surface area contributed by atoms with Gasteiger partial charge in [0.25, 0.3) is 0 Å². The highest BCUT2D eigenvalue weighted by Gasteiger charge is 2.20. The van der Waals surface area contributed by atoms with Crippen molar-refractivity contribution in [2.45, 2.75) is 0 Å². The van der Waals surface area contributed by atoms with Crippen LogP contribution in [0.25, 0.3) is 116 Å². The number of aromatic nitrogens is 5. The van der Waals surface area contributed by atoms with Crippen molar-refractivity contribution in [2.24, 2.45) is 0 Å². The van der Waals surface area contributed by atoms with Gasteiger partial charge in [-0.3, -0.25) is 4.57 Å². The first-order valence-electron chi connectivity index (χ1n) is 22.8. The van der Waals surface area contributed by atoms with E-state index in [2.05, 4.69) is 149 Å². The molecule has 284 valence electrons. The number of rotatable bonds is 5. The van der Waals surface area contributed by atoms with Gasteiger partial charge < -0.3 is 9.13 Å². The van der Waals surface area contributed by atoms with Crippen LogP contribution in [0, 0.1) is 0 Å². The molecule has 0 unspecified atom stereocenters. The Kier molecular flexibility index (Phi) is 6.24. The minimum Gasteiger partial charge on any atom is -0.309 e. The summed E-state index contributed by atoms with van der Waals surface area (Å²) in [5, 5.41) is 7.36. The van der Waals surface area contributed by atoms with Crippen molar-refractivity contribution in [3.05, 3.63) is 212 Å². The lowest BCUT2D eigenvalue weighted by Gasteiger charge is -2.12. The largest absolute Gasteiger partial charge is 0.309 e. The van der Waals surface area contributed by atoms with E-state index < -0.39 is 18.1 Å². The first-order valence-corrected chi connectivity index (χ1v) is 20.3. The summed E-state index contributed by atoms with van der Waals surface area (Å²) in [6.45, 7) is 0. The van der Waals surface area contributed by atoms with Crippen LogP contribution in [0.4, 0.5) is 0 Å². The van der Waals surface area contributed by atoms with Crippen LogP contribution in [0.2, 0.25) is 0 Å². The maximum Gasteiger partial charge on any atom is 0.235 e. The van der Waals surface area contributed by atoms with Crippen LogP contribution in [0.5, 0.6) is 0 Å². The predicted octanol–water partition coefficient (Wildman–Crippen LogP) is 14.3. The monoisotopic (exact) mass is 782 g/mol. The van der Waals surface area contributed by atoms with Gasteiger partial charge in [-0.25, -0.2) is 9.97 Å². The van der Waals surface area contributed by atoms with Crippen LogP contribution >= 0.6 is 0 Å². The maximum absolute atomic E-state index is 8.84. The molecule has 61 heavy (non-hydrogen) atoms. The Morgan fingerprint density at radius 1 is 0.328 bits per heavy atom. The van der Waals surface area contributed by atoms with E-state index in [-0.39, 0.29) is 23.3 Å². The molecule has 4 heterocycles. The summed E-state index contributed by atoms with van der Waals surface area (Å²) in [7, 11) is 0. The number of hydrogen-bond donors (Lipinski definition) is 0. The van der Waals surface area contributed by atoms with Gasteiger partial charge in [-0.2, -0.15) is 0 Å². The average Bonchev–Trinajstić information content (AvgIpc) is 4.00. The third-order valence-corrected chi connectivity index (χ3v) is 12.1. The minimum absolute atomic E-state index is 0.0385. The normalized spacial score (nSPS) is 13.1. The van der Waals surface area contributed by atoms with Gasteiger partial charge in [-0.15, -0.1) is 0 Å². The number of para-hydroxylation sites is 5. The molecule has 0 aliphatic carbocycles. The molecular weight excluding hydrogens is 743 g/mol. The second kappa shape index (κ2) is 13.1. The van der Waals surface area contributed by atoms with Gasteiger partial charge in [0, 0.05) is 54.6 Å². The lowest BCUT2D eigenvalue weighted by molar-refractivity contribution is 1.01. The fourth-order valence-electron chi connectivity index (χ4n) is 9.48.